The number of aliphatic carboxylic acids is 1. The zero-order valence-electron chi connectivity index (χ0n) is 8.21. The van der Waals surface area contributed by atoms with Crippen molar-refractivity contribution in [2.45, 2.75) is 19.4 Å². The van der Waals surface area contributed by atoms with Crippen LogP contribution in [0.5, 0.6) is 0 Å². The normalized spacial score (nSPS) is 20.2. The summed E-state index contributed by atoms with van der Waals surface area (Å²) in [5.74, 6) is -0.988. The Morgan fingerprint density at radius 3 is 2.80 bits per heavy atom. The fourth-order valence-corrected chi connectivity index (χ4v) is 1.40. The van der Waals surface area contributed by atoms with Gasteiger partial charge in [-0.2, -0.15) is 0 Å². The van der Waals surface area contributed by atoms with E-state index in [4.69, 9.17) is 5.11 Å². The van der Waals surface area contributed by atoms with Gasteiger partial charge in [0.05, 0.1) is 6.42 Å². The van der Waals surface area contributed by atoms with E-state index in [1.165, 1.54) is 6.08 Å². The molecule has 15 heavy (non-hydrogen) atoms. The Hall–Kier alpha value is -1.91. The number of carboxylic acids is 1. The Labute approximate surface area is 86.6 Å². The molecule has 0 aromatic carbocycles. The van der Waals surface area contributed by atoms with E-state index in [2.05, 4.69) is 0 Å². The van der Waals surface area contributed by atoms with Crippen LogP contribution < -0.4 is 0 Å². The summed E-state index contributed by atoms with van der Waals surface area (Å²) in [6, 6.07) is -0.922. The molecule has 0 amide bonds. The summed E-state index contributed by atoms with van der Waals surface area (Å²) in [5.41, 5.74) is 0.974. The third kappa shape index (κ3) is 2.77. The summed E-state index contributed by atoms with van der Waals surface area (Å²) >= 11 is 0. The lowest BCUT2D eigenvalue weighted by molar-refractivity contribution is -0.499. The van der Waals surface area contributed by atoms with Crippen LogP contribution in [0.15, 0.2) is 35.5 Å². The first-order valence-corrected chi connectivity index (χ1v) is 4.42. The maximum absolute atomic E-state index is 10.7. The van der Waals surface area contributed by atoms with Crippen LogP contribution in [0.3, 0.4) is 0 Å². The molecule has 0 radical (unpaired) electrons. The molecule has 1 N–H and O–H groups in total. The Balaban J connectivity index is 3.05. The SMILES string of the molecule is CC1=C(CC(=O)O)C=CC=CC1[N+](=O)[O-]. The van der Waals surface area contributed by atoms with Crippen molar-refractivity contribution in [2.24, 2.45) is 0 Å². The molecule has 0 heterocycles. The van der Waals surface area contributed by atoms with Crippen molar-refractivity contribution in [2.75, 3.05) is 0 Å². The van der Waals surface area contributed by atoms with Crippen molar-refractivity contribution in [3.8, 4) is 0 Å². The second-order valence-electron chi connectivity index (χ2n) is 3.25. The van der Waals surface area contributed by atoms with Gasteiger partial charge in [-0.05, 0) is 18.6 Å². The average molecular weight is 209 g/mol. The summed E-state index contributed by atoms with van der Waals surface area (Å²) in [6.45, 7) is 1.59. The molecule has 5 heteroatoms. The highest BCUT2D eigenvalue weighted by Crippen LogP contribution is 2.19. The molecule has 0 aliphatic heterocycles. The number of carbonyl (C=O) groups is 1. The predicted octanol–water partition coefficient (Wildman–Crippen LogP) is 1.55. The topological polar surface area (TPSA) is 80.4 Å². The molecule has 1 aliphatic rings. The van der Waals surface area contributed by atoms with Crippen LogP contribution in [0, 0.1) is 10.1 Å². The summed E-state index contributed by atoms with van der Waals surface area (Å²) < 4.78 is 0. The minimum Gasteiger partial charge on any atom is -0.481 e. The first kappa shape index (κ1) is 11.2. The highest BCUT2D eigenvalue weighted by molar-refractivity contribution is 5.71. The van der Waals surface area contributed by atoms with Crippen LogP contribution in [0.1, 0.15) is 13.3 Å². The summed E-state index contributed by atoms with van der Waals surface area (Å²) in [4.78, 5) is 20.8. The highest BCUT2D eigenvalue weighted by Gasteiger charge is 2.22. The molecule has 0 fully saturated rings. The fraction of sp³-hybridized carbons (Fsp3) is 0.300. The number of allylic oxidation sites excluding steroid dienone is 3. The van der Waals surface area contributed by atoms with E-state index in [1.807, 2.05) is 0 Å². The van der Waals surface area contributed by atoms with Crippen molar-refractivity contribution < 1.29 is 14.8 Å². The maximum Gasteiger partial charge on any atom is 0.307 e. The molecule has 1 aliphatic carbocycles. The molecular weight excluding hydrogens is 198 g/mol. The molecular formula is C10H11NO4. The fourth-order valence-electron chi connectivity index (χ4n) is 1.40. The van der Waals surface area contributed by atoms with E-state index < -0.39 is 16.9 Å². The Bertz CT molecular complexity index is 379. The molecule has 0 aromatic rings. The van der Waals surface area contributed by atoms with E-state index in [0.29, 0.717) is 11.1 Å². The lowest BCUT2D eigenvalue weighted by Gasteiger charge is -2.07. The molecule has 1 unspecified atom stereocenters. The molecule has 5 nitrogen and oxygen atoms in total. The second kappa shape index (κ2) is 4.54. The van der Waals surface area contributed by atoms with Gasteiger partial charge in [0.1, 0.15) is 0 Å². The van der Waals surface area contributed by atoms with Gasteiger partial charge in [-0.1, -0.05) is 18.2 Å². The van der Waals surface area contributed by atoms with Crippen molar-refractivity contribution in [3.05, 3.63) is 45.6 Å². The zero-order valence-corrected chi connectivity index (χ0v) is 8.21. The van der Waals surface area contributed by atoms with E-state index in [1.54, 1.807) is 25.2 Å². The minimum absolute atomic E-state index is 0.186. The second-order valence-corrected chi connectivity index (χ2v) is 3.25. The van der Waals surface area contributed by atoms with Gasteiger partial charge in [0.15, 0.2) is 0 Å². The number of nitrogens with zero attached hydrogens (tertiary/aromatic N) is 1. The van der Waals surface area contributed by atoms with E-state index >= 15 is 0 Å². The van der Waals surface area contributed by atoms with Crippen LogP contribution in [0.4, 0.5) is 0 Å². The van der Waals surface area contributed by atoms with Gasteiger partial charge < -0.3 is 5.11 Å². The quantitative estimate of drug-likeness (QED) is 0.564. The van der Waals surface area contributed by atoms with Crippen LogP contribution >= 0.6 is 0 Å². The van der Waals surface area contributed by atoms with Gasteiger partial charge >= 0.3 is 5.97 Å². The average Bonchev–Trinajstić information content (AvgIpc) is 2.29. The van der Waals surface area contributed by atoms with Gasteiger partial charge in [0.25, 0.3) is 6.04 Å². The number of carboxylic acid groups (broad SMARTS) is 1. The van der Waals surface area contributed by atoms with Crippen LogP contribution in [0.25, 0.3) is 0 Å². The molecule has 0 saturated carbocycles. The summed E-state index contributed by atoms with van der Waals surface area (Å²) in [6.07, 6.45) is 6.04. The Kier molecular flexibility index (Phi) is 3.38. The summed E-state index contributed by atoms with van der Waals surface area (Å²) in [5, 5.41) is 19.3. The third-order valence-electron chi connectivity index (χ3n) is 2.22. The van der Waals surface area contributed by atoms with E-state index in [0.717, 1.165) is 0 Å². The predicted molar refractivity (Wildman–Crippen MR) is 54.0 cm³/mol. The van der Waals surface area contributed by atoms with E-state index in [-0.39, 0.29) is 6.42 Å². The minimum atomic E-state index is -0.988. The molecule has 0 aromatic heterocycles. The van der Waals surface area contributed by atoms with Crippen LogP contribution in [-0.4, -0.2) is 22.0 Å². The third-order valence-corrected chi connectivity index (χ3v) is 2.22. The number of hydrogen-bond donors (Lipinski definition) is 1. The maximum atomic E-state index is 10.7. The van der Waals surface area contributed by atoms with Crippen LogP contribution in [-0.2, 0) is 4.79 Å². The standard InChI is InChI=1S/C10H11NO4/c1-7-8(6-10(12)13)4-2-3-5-9(7)11(14)15/h2-5,9H,6H2,1H3,(H,12,13). The van der Waals surface area contributed by atoms with Gasteiger partial charge in [-0.3, -0.25) is 14.9 Å². The number of rotatable bonds is 3. The lowest BCUT2D eigenvalue weighted by atomic mass is 10.0. The van der Waals surface area contributed by atoms with Gasteiger partial charge in [-0.15, -0.1) is 0 Å². The van der Waals surface area contributed by atoms with Gasteiger partial charge in [0.2, 0.25) is 0 Å². The zero-order chi connectivity index (χ0) is 11.4. The monoisotopic (exact) mass is 209 g/mol. The first-order chi connectivity index (χ1) is 7.02. The van der Waals surface area contributed by atoms with Gasteiger partial charge in [0, 0.05) is 10.5 Å². The highest BCUT2D eigenvalue weighted by atomic mass is 16.6. The molecule has 0 bridgehead atoms. The number of hydrogen-bond acceptors (Lipinski definition) is 3. The van der Waals surface area contributed by atoms with Crippen molar-refractivity contribution in [1.82, 2.24) is 0 Å². The largest absolute Gasteiger partial charge is 0.481 e. The smallest absolute Gasteiger partial charge is 0.307 e. The molecule has 0 spiro atoms. The van der Waals surface area contributed by atoms with E-state index in [9.17, 15) is 14.9 Å². The molecule has 0 saturated heterocycles. The first-order valence-electron chi connectivity index (χ1n) is 4.42. The Morgan fingerprint density at radius 2 is 2.27 bits per heavy atom. The van der Waals surface area contributed by atoms with Crippen LogP contribution in [0.2, 0.25) is 0 Å². The molecule has 1 atom stereocenters. The summed E-state index contributed by atoms with van der Waals surface area (Å²) in [7, 11) is 0. The molecule has 80 valence electrons. The number of nitro groups is 1. The van der Waals surface area contributed by atoms with Crippen molar-refractivity contribution in [3.63, 3.8) is 0 Å². The molecule has 1 rings (SSSR count). The Morgan fingerprint density at radius 1 is 1.60 bits per heavy atom. The lowest BCUT2D eigenvalue weighted by Crippen LogP contribution is -2.19. The van der Waals surface area contributed by atoms with Gasteiger partial charge in [-0.25, -0.2) is 0 Å². The van der Waals surface area contributed by atoms with Crippen molar-refractivity contribution in [1.29, 1.82) is 0 Å². The van der Waals surface area contributed by atoms with Crippen molar-refractivity contribution >= 4 is 5.97 Å².